The van der Waals surface area contributed by atoms with Gasteiger partial charge in [0.1, 0.15) is 0 Å². The normalized spacial score (nSPS) is 14.6. The maximum Gasteiger partial charge on any atom is 0.174 e. The highest BCUT2D eigenvalue weighted by Gasteiger charge is 2.47. The van der Waals surface area contributed by atoms with Crippen LogP contribution in [0.4, 0.5) is 0 Å². The van der Waals surface area contributed by atoms with Gasteiger partial charge in [-0.1, -0.05) is 97.1 Å². The van der Waals surface area contributed by atoms with E-state index in [0.717, 1.165) is 29.2 Å². The first-order valence-electron chi connectivity index (χ1n) is 9.43. The highest BCUT2D eigenvalue weighted by Crippen LogP contribution is 2.46. The summed E-state index contributed by atoms with van der Waals surface area (Å²) < 4.78 is 0. The lowest BCUT2D eigenvalue weighted by Crippen LogP contribution is -2.37. The van der Waals surface area contributed by atoms with Gasteiger partial charge in [-0.15, -0.1) is 0 Å². The summed E-state index contributed by atoms with van der Waals surface area (Å²) in [5.41, 5.74) is 3.90. The van der Waals surface area contributed by atoms with Gasteiger partial charge in [-0.05, 0) is 40.3 Å². The highest BCUT2D eigenvalue weighted by atomic mass is 16.1. The molecule has 0 N–H and O–H groups in total. The van der Waals surface area contributed by atoms with Crippen LogP contribution in [0.1, 0.15) is 27.0 Å². The van der Waals surface area contributed by atoms with Crippen LogP contribution < -0.4 is 0 Å². The summed E-state index contributed by atoms with van der Waals surface area (Å²) in [6, 6.07) is 33.2. The van der Waals surface area contributed by atoms with Crippen molar-refractivity contribution in [1.29, 1.82) is 0 Å². The summed E-state index contributed by atoms with van der Waals surface area (Å²) in [6.45, 7) is 0. The molecule has 0 amide bonds. The molecule has 0 atom stereocenters. The van der Waals surface area contributed by atoms with E-state index in [0.29, 0.717) is 0 Å². The van der Waals surface area contributed by atoms with Gasteiger partial charge in [0.15, 0.2) is 5.78 Å². The fourth-order valence-electron chi connectivity index (χ4n) is 4.61. The van der Waals surface area contributed by atoms with Crippen LogP contribution in [-0.2, 0) is 18.3 Å². The quantitative estimate of drug-likeness (QED) is 0.458. The molecular weight excluding hydrogens is 328 g/mol. The number of ketones is 1. The molecule has 0 spiro atoms. The summed E-state index contributed by atoms with van der Waals surface area (Å²) in [4.78, 5) is 13.8. The Balaban J connectivity index is 1.74. The van der Waals surface area contributed by atoms with E-state index in [2.05, 4.69) is 72.8 Å². The summed E-state index contributed by atoms with van der Waals surface area (Å²) >= 11 is 0. The zero-order valence-electron chi connectivity index (χ0n) is 15.1. The van der Waals surface area contributed by atoms with Crippen molar-refractivity contribution in [1.82, 2.24) is 0 Å². The first-order valence-corrected chi connectivity index (χ1v) is 9.43. The van der Waals surface area contributed by atoms with Crippen molar-refractivity contribution >= 4 is 16.6 Å². The number of benzene rings is 4. The van der Waals surface area contributed by atoms with E-state index in [9.17, 15) is 4.79 Å². The van der Waals surface area contributed by atoms with Crippen molar-refractivity contribution in [3.8, 4) is 0 Å². The maximum absolute atomic E-state index is 13.8. The van der Waals surface area contributed by atoms with Crippen LogP contribution in [0.5, 0.6) is 0 Å². The molecule has 4 aromatic rings. The third-order valence-electron chi connectivity index (χ3n) is 5.80. The van der Waals surface area contributed by atoms with E-state index in [4.69, 9.17) is 0 Å². The topological polar surface area (TPSA) is 17.1 Å². The molecule has 0 radical (unpaired) electrons. The van der Waals surface area contributed by atoms with E-state index in [-0.39, 0.29) is 5.78 Å². The maximum atomic E-state index is 13.8. The second kappa shape index (κ2) is 6.21. The van der Waals surface area contributed by atoms with Crippen molar-refractivity contribution in [2.45, 2.75) is 18.3 Å². The second-order valence-electron chi connectivity index (χ2n) is 7.45. The number of hydrogen-bond acceptors (Lipinski definition) is 1. The minimum atomic E-state index is -0.550. The predicted octanol–water partition coefficient (Wildman–Crippen LogP) is 5.76. The molecular formula is C26H20O. The Morgan fingerprint density at radius 2 is 1.15 bits per heavy atom. The van der Waals surface area contributed by atoms with Crippen LogP contribution in [-0.4, -0.2) is 5.78 Å². The number of rotatable bonds is 4. The largest absolute Gasteiger partial charge is 0.293 e. The molecule has 130 valence electrons. The third-order valence-corrected chi connectivity index (χ3v) is 5.80. The molecule has 0 bridgehead atoms. The Morgan fingerprint density at radius 1 is 0.593 bits per heavy atom. The SMILES string of the molecule is O=C1c2cccc3cccc(c23)C1(Cc1ccccc1)Cc1ccccc1. The lowest BCUT2D eigenvalue weighted by atomic mass is 9.71. The van der Waals surface area contributed by atoms with E-state index in [1.165, 1.54) is 16.7 Å². The van der Waals surface area contributed by atoms with Crippen molar-refractivity contribution in [2.75, 3.05) is 0 Å². The molecule has 1 aliphatic rings. The summed E-state index contributed by atoms with van der Waals surface area (Å²) in [6.07, 6.45) is 1.44. The molecule has 0 saturated carbocycles. The first kappa shape index (κ1) is 16.0. The van der Waals surface area contributed by atoms with Crippen LogP contribution in [0.15, 0.2) is 97.1 Å². The Hall–Kier alpha value is -3.19. The van der Waals surface area contributed by atoms with Crippen LogP contribution in [0.2, 0.25) is 0 Å². The molecule has 1 nitrogen and oxygen atoms in total. The third kappa shape index (κ3) is 2.50. The number of carbonyl (C=O) groups is 1. The highest BCUT2D eigenvalue weighted by molar-refractivity contribution is 6.20. The van der Waals surface area contributed by atoms with Crippen LogP contribution in [0, 0.1) is 0 Å². The van der Waals surface area contributed by atoms with Crippen molar-refractivity contribution in [3.63, 3.8) is 0 Å². The molecule has 4 aromatic carbocycles. The van der Waals surface area contributed by atoms with Crippen molar-refractivity contribution in [2.24, 2.45) is 0 Å². The number of carbonyl (C=O) groups excluding carboxylic acids is 1. The Kier molecular flexibility index (Phi) is 3.68. The van der Waals surface area contributed by atoms with E-state index < -0.39 is 5.41 Å². The van der Waals surface area contributed by atoms with Gasteiger partial charge >= 0.3 is 0 Å². The minimum absolute atomic E-state index is 0.252. The fraction of sp³-hybridized carbons (Fsp3) is 0.115. The lowest BCUT2D eigenvalue weighted by Gasteiger charge is -2.30. The monoisotopic (exact) mass is 348 g/mol. The van der Waals surface area contributed by atoms with Gasteiger partial charge in [-0.25, -0.2) is 0 Å². The molecule has 0 aliphatic heterocycles. The van der Waals surface area contributed by atoms with E-state index >= 15 is 0 Å². The molecule has 0 unspecified atom stereocenters. The molecule has 5 rings (SSSR count). The molecule has 0 fully saturated rings. The number of Topliss-reactive ketones (excluding diaryl/α,β-unsaturated/α-hetero) is 1. The van der Waals surface area contributed by atoms with Crippen LogP contribution in [0.25, 0.3) is 10.8 Å². The van der Waals surface area contributed by atoms with Crippen molar-refractivity contribution < 1.29 is 4.79 Å². The standard InChI is InChI=1S/C26H20O/c27-25-22-15-7-13-21-14-8-16-23(24(21)22)26(25,17-19-9-3-1-4-10-19)18-20-11-5-2-6-12-20/h1-16H,17-18H2. The van der Waals surface area contributed by atoms with Gasteiger partial charge in [-0.3, -0.25) is 4.79 Å². The van der Waals surface area contributed by atoms with Crippen LogP contribution in [0.3, 0.4) is 0 Å². The zero-order valence-corrected chi connectivity index (χ0v) is 15.1. The van der Waals surface area contributed by atoms with E-state index in [1.807, 2.05) is 24.3 Å². The molecule has 27 heavy (non-hydrogen) atoms. The van der Waals surface area contributed by atoms with Gasteiger partial charge < -0.3 is 0 Å². The minimum Gasteiger partial charge on any atom is -0.293 e. The molecule has 0 aromatic heterocycles. The predicted molar refractivity (Wildman–Crippen MR) is 110 cm³/mol. The Bertz CT molecular complexity index is 1080. The first-order chi connectivity index (χ1) is 13.3. The molecule has 0 saturated heterocycles. The summed E-state index contributed by atoms with van der Waals surface area (Å²) in [5.74, 6) is 0.252. The van der Waals surface area contributed by atoms with Crippen LogP contribution >= 0.6 is 0 Å². The summed E-state index contributed by atoms with van der Waals surface area (Å²) in [7, 11) is 0. The smallest absolute Gasteiger partial charge is 0.174 e. The zero-order chi connectivity index (χ0) is 18.3. The second-order valence-corrected chi connectivity index (χ2v) is 7.45. The average Bonchev–Trinajstić information content (AvgIpc) is 2.95. The molecule has 1 heteroatoms. The molecule has 0 heterocycles. The lowest BCUT2D eigenvalue weighted by molar-refractivity contribution is 0.0892. The van der Waals surface area contributed by atoms with E-state index in [1.54, 1.807) is 0 Å². The van der Waals surface area contributed by atoms with Gasteiger partial charge in [0, 0.05) is 5.56 Å². The number of hydrogen-bond donors (Lipinski definition) is 0. The van der Waals surface area contributed by atoms with Crippen molar-refractivity contribution in [3.05, 3.63) is 119 Å². The van der Waals surface area contributed by atoms with Gasteiger partial charge in [0.25, 0.3) is 0 Å². The Labute approximate surface area is 159 Å². The van der Waals surface area contributed by atoms with Gasteiger partial charge in [0.2, 0.25) is 0 Å². The van der Waals surface area contributed by atoms with Gasteiger partial charge in [-0.2, -0.15) is 0 Å². The Morgan fingerprint density at radius 3 is 1.74 bits per heavy atom. The fourth-order valence-corrected chi connectivity index (χ4v) is 4.61. The summed E-state index contributed by atoms with van der Waals surface area (Å²) in [5, 5.41) is 2.29. The average molecular weight is 348 g/mol. The molecule has 1 aliphatic carbocycles. The van der Waals surface area contributed by atoms with Gasteiger partial charge in [0.05, 0.1) is 5.41 Å².